The van der Waals surface area contributed by atoms with Gasteiger partial charge < -0.3 is 33.1 Å². The number of carbonyl (C=O) groups excluding carboxylic acids is 3. The van der Waals surface area contributed by atoms with E-state index >= 15 is 0 Å². The van der Waals surface area contributed by atoms with Crippen LogP contribution in [-0.4, -0.2) is 108 Å². The molecule has 0 spiro atoms. The molecule has 2 aromatic heterocycles. The van der Waals surface area contributed by atoms with Crippen molar-refractivity contribution in [2.75, 3.05) is 33.9 Å². The van der Waals surface area contributed by atoms with E-state index in [1.54, 1.807) is 83.4 Å². The highest BCUT2D eigenvalue weighted by Crippen LogP contribution is 2.50. The Morgan fingerprint density at radius 3 is 2.36 bits per heavy atom. The van der Waals surface area contributed by atoms with E-state index < -0.39 is 80.2 Å². The van der Waals surface area contributed by atoms with Gasteiger partial charge >= 0.3 is 25.7 Å². The Morgan fingerprint density at radius 1 is 1.04 bits per heavy atom. The average Bonchev–Trinajstić information content (AvgIpc) is 3.73. The molecule has 0 bridgehead atoms. The lowest BCUT2D eigenvalue weighted by Crippen LogP contribution is -2.50. The second-order valence-corrected chi connectivity index (χ2v) is 15.9. The van der Waals surface area contributed by atoms with Gasteiger partial charge in [-0.1, -0.05) is 45.9 Å². The molecule has 2 aliphatic rings. The minimum atomic E-state index is -4.60. The lowest BCUT2D eigenvalue weighted by atomic mass is 9.95. The number of fused-ring (bicyclic) bond motifs is 1. The third-order valence-corrected chi connectivity index (χ3v) is 10.4. The van der Waals surface area contributed by atoms with Crippen LogP contribution in [0.2, 0.25) is 0 Å². The summed E-state index contributed by atoms with van der Waals surface area (Å²) in [5.74, 6) is -3.02. The smallest absolute Gasteiger partial charge is 0.459 e. The fourth-order valence-corrected chi connectivity index (χ4v) is 7.26. The van der Waals surface area contributed by atoms with Gasteiger partial charge in [0, 0.05) is 26.9 Å². The zero-order valence-corrected chi connectivity index (χ0v) is 33.3. The summed E-state index contributed by atoms with van der Waals surface area (Å²) in [5.41, 5.74) is -1.53. The number of nitrogens with one attached hydrogen (secondary N) is 1. The van der Waals surface area contributed by atoms with E-state index in [0.717, 1.165) is 0 Å². The van der Waals surface area contributed by atoms with Crippen LogP contribution in [0.25, 0.3) is 5.52 Å². The number of nitriles is 1. The van der Waals surface area contributed by atoms with Crippen LogP contribution in [0.15, 0.2) is 53.8 Å². The normalized spacial score (nSPS) is 23.1. The van der Waals surface area contributed by atoms with E-state index in [1.807, 2.05) is 0 Å². The van der Waals surface area contributed by atoms with Crippen LogP contribution in [0, 0.1) is 23.2 Å². The maximum absolute atomic E-state index is 14.6. The van der Waals surface area contributed by atoms with Crippen molar-refractivity contribution in [2.24, 2.45) is 16.8 Å². The van der Waals surface area contributed by atoms with E-state index in [-0.39, 0.29) is 5.75 Å². The summed E-state index contributed by atoms with van der Waals surface area (Å²) in [7, 11) is -1.00. The van der Waals surface area contributed by atoms with Gasteiger partial charge in [-0.25, -0.2) is 19.1 Å². The predicted octanol–water partition coefficient (Wildman–Crippen LogP) is 4.32. The number of nitrogens with zero attached hydrogens (tertiary/aromatic N) is 6. The van der Waals surface area contributed by atoms with Gasteiger partial charge in [-0.2, -0.15) is 15.4 Å². The van der Waals surface area contributed by atoms with Gasteiger partial charge in [0.25, 0.3) is 0 Å². The lowest BCUT2D eigenvalue weighted by molar-refractivity contribution is -0.173. The van der Waals surface area contributed by atoms with Crippen LogP contribution < -0.4 is 9.61 Å². The monoisotopic (exact) mass is 797 g/mol. The first-order chi connectivity index (χ1) is 26.6. The SMILES string of the molecule is CC(C)C(=O)O[C@H]1[C@H](c2ccc3c(/N=C/N(C)C)ncnn23)O[C@](C#N)(CO[P@](=O)(N[C@@H](C)C(=O)OC2CCOCC2)Oc2ccccc2)[C@H]1OC(=O)C(C)C. The molecular formula is C37H48N7O11P. The number of ether oxygens (including phenoxy) is 5. The van der Waals surface area contributed by atoms with Gasteiger partial charge in [-0.3, -0.25) is 18.9 Å². The minimum absolute atomic E-state index is 0.114. The summed E-state index contributed by atoms with van der Waals surface area (Å²) >= 11 is 0. The highest BCUT2D eigenvalue weighted by molar-refractivity contribution is 7.52. The van der Waals surface area contributed by atoms with E-state index in [4.69, 9.17) is 32.7 Å². The van der Waals surface area contributed by atoms with Crippen molar-refractivity contribution in [3.8, 4) is 11.8 Å². The highest BCUT2D eigenvalue weighted by atomic mass is 31.2. The van der Waals surface area contributed by atoms with E-state index in [1.165, 1.54) is 29.9 Å². The molecule has 2 aliphatic heterocycles. The molecule has 6 atom stereocenters. The number of benzene rings is 1. The van der Waals surface area contributed by atoms with E-state index in [2.05, 4.69) is 26.2 Å². The first-order valence-corrected chi connectivity index (χ1v) is 19.8. The molecule has 5 rings (SSSR count). The Bertz CT molecular complexity index is 1960. The van der Waals surface area contributed by atoms with Crippen molar-refractivity contribution in [3.63, 3.8) is 0 Å². The fraction of sp³-hybridized carbons (Fsp3) is 0.541. The van der Waals surface area contributed by atoms with Crippen LogP contribution in [0.3, 0.4) is 0 Å². The number of rotatable bonds is 16. The van der Waals surface area contributed by atoms with Gasteiger partial charge in [0.15, 0.2) is 18.0 Å². The molecule has 18 nitrogen and oxygen atoms in total. The molecule has 1 aromatic carbocycles. The highest BCUT2D eigenvalue weighted by Gasteiger charge is 2.62. The van der Waals surface area contributed by atoms with Crippen molar-refractivity contribution in [3.05, 3.63) is 54.5 Å². The van der Waals surface area contributed by atoms with Crippen LogP contribution in [-0.2, 0) is 47.2 Å². The topological polar surface area (TPSA) is 214 Å². The van der Waals surface area contributed by atoms with Gasteiger partial charge in [0.2, 0.25) is 5.60 Å². The Balaban J connectivity index is 1.54. The van der Waals surface area contributed by atoms with Crippen molar-refractivity contribution >= 4 is 43.3 Å². The molecule has 0 aliphatic carbocycles. The number of hydrogen-bond donors (Lipinski definition) is 1. The molecule has 1 N–H and O–H groups in total. The molecule has 56 heavy (non-hydrogen) atoms. The Morgan fingerprint density at radius 2 is 1.71 bits per heavy atom. The van der Waals surface area contributed by atoms with Crippen molar-refractivity contribution in [1.82, 2.24) is 24.6 Å². The summed E-state index contributed by atoms with van der Waals surface area (Å²) in [6.45, 7) is 7.86. The molecule has 0 saturated carbocycles. The summed E-state index contributed by atoms with van der Waals surface area (Å²) < 4.78 is 57.3. The number of hydrogen-bond acceptors (Lipinski definition) is 15. The summed E-state index contributed by atoms with van der Waals surface area (Å²) in [5, 5.41) is 18.0. The van der Waals surface area contributed by atoms with Gasteiger partial charge in [0.1, 0.15) is 48.5 Å². The molecule has 0 radical (unpaired) electrons. The first kappa shape index (κ1) is 42.2. The molecule has 2 fully saturated rings. The number of para-hydroxylation sites is 1. The largest absolute Gasteiger partial charge is 0.461 e. The Hall–Kier alpha value is -4.92. The summed E-state index contributed by atoms with van der Waals surface area (Å²) in [6.07, 6.45) is -0.922. The Kier molecular flexibility index (Phi) is 13.8. The van der Waals surface area contributed by atoms with E-state index in [9.17, 15) is 24.2 Å². The third kappa shape index (κ3) is 10.1. The zero-order chi connectivity index (χ0) is 40.6. The molecule has 302 valence electrons. The lowest BCUT2D eigenvalue weighted by Gasteiger charge is -2.31. The summed E-state index contributed by atoms with van der Waals surface area (Å²) in [6, 6.07) is 12.2. The molecule has 2 saturated heterocycles. The molecule has 0 amide bonds. The maximum Gasteiger partial charge on any atom is 0.459 e. The average molecular weight is 798 g/mol. The molecule has 3 aromatic rings. The Labute approximate surface area is 325 Å². The van der Waals surface area contributed by atoms with Gasteiger partial charge in [0.05, 0.1) is 37.1 Å². The minimum Gasteiger partial charge on any atom is -0.461 e. The van der Waals surface area contributed by atoms with Crippen LogP contribution >= 0.6 is 7.75 Å². The van der Waals surface area contributed by atoms with E-state index in [0.29, 0.717) is 43.1 Å². The second kappa shape index (κ2) is 18.4. The maximum atomic E-state index is 14.6. The third-order valence-electron chi connectivity index (χ3n) is 8.76. The number of aliphatic imine (C=N–C) groups is 1. The van der Waals surface area contributed by atoms with Gasteiger partial charge in [-0.05, 0) is 31.2 Å². The van der Waals surface area contributed by atoms with Crippen molar-refractivity contribution in [1.29, 1.82) is 5.26 Å². The molecule has 4 heterocycles. The van der Waals surface area contributed by atoms with Crippen molar-refractivity contribution in [2.45, 2.75) is 83.5 Å². The van der Waals surface area contributed by atoms with Gasteiger partial charge in [-0.15, -0.1) is 0 Å². The van der Waals surface area contributed by atoms with Crippen LogP contribution in [0.5, 0.6) is 5.75 Å². The number of esters is 3. The zero-order valence-electron chi connectivity index (χ0n) is 32.4. The number of aromatic nitrogens is 3. The van der Waals surface area contributed by atoms with Crippen LogP contribution in [0.4, 0.5) is 5.82 Å². The van der Waals surface area contributed by atoms with Crippen molar-refractivity contribution < 1.29 is 51.7 Å². The number of carbonyl (C=O) groups is 3. The standard InChI is InChI=1S/C37H48N7O11P/c1-23(2)34(45)52-31-30(28-13-14-29-33(40-22-43(6)7)39-21-41-44(28)29)54-37(19-38,32(31)53-35(46)24(3)4)20-50-56(48,55-27-11-9-8-10-12-27)42-25(5)36(47)51-26-15-17-49-18-16-26/h8-14,21-26,30-32H,15-18,20H2,1-7H3,(H,42,48)/b40-22+/t25-,30-,31-,32-,37+,56+/m0/s1. The second-order valence-electron chi connectivity index (χ2n) is 14.2. The quantitative estimate of drug-likeness (QED) is 0.0702. The summed E-state index contributed by atoms with van der Waals surface area (Å²) in [4.78, 5) is 50.2. The van der Waals surface area contributed by atoms with Crippen LogP contribution in [0.1, 0.15) is 59.3 Å². The predicted molar refractivity (Wildman–Crippen MR) is 200 cm³/mol. The molecule has 0 unspecified atom stereocenters. The molecular weight excluding hydrogens is 749 g/mol. The first-order valence-electron chi connectivity index (χ1n) is 18.2. The molecule has 19 heteroatoms. The fourth-order valence-electron chi connectivity index (χ4n) is 5.74.